The lowest BCUT2D eigenvalue weighted by atomic mass is 10.0. The highest BCUT2D eigenvalue weighted by Gasteiger charge is 2.50. The van der Waals surface area contributed by atoms with Crippen molar-refractivity contribution in [2.75, 3.05) is 30.6 Å². The molecular weight excluding hydrogens is 460 g/mol. The molecular formula is C21H27ClN2O5S2. The Bertz CT molecular complexity index is 992. The summed E-state index contributed by atoms with van der Waals surface area (Å²) in [6.45, 7) is 0. The maximum absolute atomic E-state index is 12.7. The Morgan fingerprint density at radius 3 is 2.58 bits per heavy atom. The number of sulfone groups is 1. The second-order valence-electron chi connectivity index (χ2n) is 8.31. The fourth-order valence-electron chi connectivity index (χ4n) is 4.67. The van der Waals surface area contributed by atoms with Crippen LogP contribution < -0.4 is 14.4 Å². The summed E-state index contributed by atoms with van der Waals surface area (Å²) >= 11 is 7.73. The number of nitrogens with zero attached hydrogens (tertiary/aromatic N) is 2. The van der Waals surface area contributed by atoms with Gasteiger partial charge in [0.15, 0.2) is 15.0 Å². The van der Waals surface area contributed by atoms with E-state index in [0.717, 1.165) is 6.42 Å². The van der Waals surface area contributed by atoms with E-state index in [2.05, 4.69) is 4.99 Å². The predicted octanol–water partition coefficient (Wildman–Crippen LogP) is 3.93. The first-order valence-electron chi connectivity index (χ1n) is 10.5. The van der Waals surface area contributed by atoms with E-state index in [9.17, 15) is 13.2 Å². The molecule has 1 aliphatic carbocycles. The minimum atomic E-state index is -3.16. The maximum Gasteiger partial charge on any atom is 0.248 e. The zero-order valence-corrected chi connectivity index (χ0v) is 20.1. The van der Waals surface area contributed by atoms with E-state index in [4.69, 9.17) is 21.1 Å². The third-order valence-corrected chi connectivity index (χ3v) is 9.75. The van der Waals surface area contributed by atoms with Gasteiger partial charge in [0.05, 0.1) is 42.5 Å². The SMILES string of the molecule is COc1cc(OC)c(N2C(=NC(=O)CCC3CCCC3)SC3CS(=O)(=O)CC32)cc1Cl. The van der Waals surface area contributed by atoms with Crippen molar-refractivity contribution < 1.29 is 22.7 Å². The van der Waals surface area contributed by atoms with Gasteiger partial charge in [-0.05, 0) is 18.4 Å². The van der Waals surface area contributed by atoms with Crippen LogP contribution in [0.3, 0.4) is 0 Å². The van der Waals surface area contributed by atoms with E-state index in [1.165, 1.54) is 51.7 Å². The van der Waals surface area contributed by atoms with Gasteiger partial charge in [-0.3, -0.25) is 4.79 Å². The molecule has 170 valence electrons. The monoisotopic (exact) mass is 486 g/mol. The van der Waals surface area contributed by atoms with Gasteiger partial charge in [-0.25, -0.2) is 8.42 Å². The fourth-order valence-corrected chi connectivity index (χ4v) is 8.83. The van der Waals surface area contributed by atoms with Gasteiger partial charge in [0.25, 0.3) is 0 Å². The Labute approximate surface area is 192 Å². The smallest absolute Gasteiger partial charge is 0.248 e. The van der Waals surface area contributed by atoms with Crippen molar-refractivity contribution in [1.29, 1.82) is 0 Å². The number of hydrogen-bond acceptors (Lipinski definition) is 6. The highest BCUT2D eigenvalue weighted by atomic mass is 35.5. The van der Waals surface area contributed by atoms with Crippen LogP contribution in [0.25, 0.3) is 0 Å². The zero-order chi connectivity index (χ0) is 22.2. The molecule has 2 aliphatic heterocycles. The molecule has 4 rings (SSSR count). The van der Waals surface area contributed by atoms with Crippen molar-refractivity contribution in [3.05, 3.63) is 17.2 Å². The third-order valence-electron chi connectivity index (χ3n) is 6.24. The molecule has 7 nitrogen and oxygen atoms in total. The van der Waals surface area contributed by atoms with Gasteiger partial charge in [0.2, 0.25) is 5.91 Å². The first kappa shape index (κ1) is 22.7. The number of rotatable bonds is 6. The van der Waals surface area contributed by atoms with Crippen LogP contribution in [0.2, 0.25) is 5.02 Å². The van der Waals surface area contributed by atoms with Crippen molar-refractivity contribution in [3.63, 3.8) is 0 Å². The van der Waals surface area contributed by atoms with Crippen LogP contribution >= 0.6 is 23.4 Å². The van der Waals surface area contributed by atoms with Crippen LogP contribution in [0.4, 0.5) is 5.69 Å². The van der Waals surface area contributed by atoms with Crippen molar-refractivity contribution in [2.45, 2.75) is 49.8 Å². The fraction of sp³-hybridized carbons (Fsp3) is 0.619. The molecule has 0 bridgehead atoms. The molecule has 2 atom stereocenters. The number of thioether (sulfide) groups is 1. The number of ether oxygens (including phenoxy) is 2. The minimum Gasteiger partial charge on any atom is -0.495 e. The molecule has 0 N–H and O–H groups in total. The summed E-state index contributed by atoms with van der Waals surface area (Å²) in [5.41, 5.74) is 0.591. The zero-order valence-electron chi connectivity index (χ0n) is 17.7. The Morgan fingerprint density at radius 2 is 1.90 bits per heavy atom. The number of carbonyl (C=O) groups is 1. The number of anilines is 1. The Morgan fingerprint density at radius 1 is 1.19 bits per heavy atom. The van der Waals surface area contributed by atoms with E-state index in [0.29, 0.717) is 39.7 Å². The van der Waals surface area contributed by atoms with Crippen molar-refractivity contribution >= 4 is 50.0 Å². The van der Waals surface area contributed by atoms with Gasteiger partial charge >= 0.3 is 0 Å². The number of benzene rings is 1. The third kappa shape index (κ3) is 4.83. The summed E-state index contributed by atoms with van der Waals surface area (Å²) < 4.78 is 35.4. The van der Waals surface area contributed by atoms with E-state index < -0.39 is 9.84 Å². The van der Waals surface area contributed by atoms with Gasteiger partial charge in [-0.1, -0.05) is 49.0 Å². The van der Waals surface area contributed by atoms with Crippen LogP contribution in [-0.2, 0) is 14.6 Å². The van der Waals surface area contributed by atoms with Crippen LogP contribution in [0, 0.1) is 5.92 Å². The summed E-state index contributed by atoms with van der Waals surface area (Å²) in [6.07, 6.45) is 6.14. The first-order valence-corrected chi connectivity index (χ1v) is 13.6. The second kappa shape index (κ2) is 9.19. The quantitative estimate of drug-likeness (QED) is 0.602. The molecule has 2 heterocycles. The lowest BCUT2D eigenvalue weighted by molar-refractivity contribution is -0.118. The molecule has 1 aromatic rings. The molecule has 0 aromatic heterocycles. The molecule has 2 saturated heterocycles. The topological polar surface area (TPSA) is 85.3 Å². The summed E-state index contributed by atoms with van der Waals surface area (Å²) in [6, 6.07) is 3.03. The number of aliphatic imine (C=N–C) groups is 1. The van der Waals surface area contributed by atoms with E-state index in [1.54, 1.807) is 12.1 Å². The van der Waals surface area contributed by atoms with E-state index in [-0.39, 0.29) is 28.7 Å². The molecule has 1 saturated carbocycles. The number of methoxy groups -OCH3 is 2. The number of fused-ring (bicyclic) bond motifs is 1. The average Bonchev–Trinajstić information content (AvgIpc) is 3.41. The number of hydrogen-bond donors (Lipinski definition) is 0. The van der Waals surface area contributed by atoms with Gasteiger partial charge in [-0.2, -0.15) is 4.99 Å². The number of carbonyl (C=O) groups excluding carboxylic acids is 1. The van der Waals surface area contributed by atoms with Crippen molar-refractivity contribution in [3.8, 4) is 11.5 Å². The van der Waals surface area contributed by atoms with Gasteiger partial charge in [0.1, 0.15) is 11.5 Å². The number of halogens is 1. The number of amidine groups is 1. The van der Waals surface area contributed by atoms with Gasteiger partial charge in [-0.15, -0.1) is 0 Å². The van der Waals surface area contributed by atoms with Crippen LogP contribution in [-0.4, -0.2) is 56.5 Å². The molecule has 2 unspecified atom stereocenters. The summed E-state index contributed by atoms with van der Waals surface area (Å²) in [5.74, 6) is 1.46. The van der Waals surface area contributed by atoms with Crippen molar-refractivity contribution in [2.24, 2.45) is 10.9 Å². The lowest BCUT2D eigenvalue weighted by Gasteiger charge is -2.27. The lowest BCUT2D eigenvalue weighted by Crippen LogP contribution is -2.38. The molecule has 1 aromatic carbocycles. The molecule has 0 spiro atoms. The highest BCUT2D eigenvalue weighted by molar-refractivity contribution is 8.16. The van der Waals surface area contributed by atoms with Crippen LogP contribution in [0.1, 0.15) is 38.5 Å². The van der Waals surface area contributed by atoms with Crippen LogP contribution in [0.5, 0.6) is 11.5 Å². The standard InChI is InChI=1S/C21H27ClN2O5S2/c1-28-17-10-18(29-2)15(9-14(17)22)24-16-11-31(26,27)12-19(16)30-21(24)23-20(25)8-7-13-5-3-4-6-13/h9-10,13,16,19H,3-8,11-12H2,1-2H3. The average molecular weight is 487 g/mol. The molecule has 3 aliphatic rings. The van der Waals surface area contributed by atoms with E-state index >= 15 is 0 Å². The van der Waals surface area contributed by atoms with Gasteiger partial charge in [0, 0.05) is 17.7 Å². The second-order valence-corrected chi connectivity index (χ2v) is 12.1. The maximum atomic E-state index is 12.7. The Kier molecular flexibility index (Phi) is 6.74. The molecule has 31 heavy (non-hydrogen) atoms. The largest absolute Gasteiger partial charge is 0.495 e. The van der Waals surface area contributed by atoms with Gasteiger partial charge < -0.3 is 14.4 Å². The highest BCUT2D eigenvalue weighted by Crippen LogP contribution is 2.46. The first-order chi connectivity index (χ1) is 14.8. The summed E-state index contributed by atoms with van der Waals surface area (Å²) in [4.78, 5) is 18.9. The van der Waals surface area contributed by atoms with Crippen LogP contribution in [0.15, 0.2) is 17.1 Å². The van der Waals surface area contributed by atoms with E-state index in [1.807, 2.05) is 4.90 Å². The minimum absolute atomic E-state index is 0.00670. The molecule has 1 amide bonds. The Hall–Kier alpha value is -1.45. The molecule has 10 heteroatoms. The van der Waals surface area contributed by atoms with Crippen molar-refractivity contribution in [1.82, 2.24) is 0 Å². The molecule has 3 fully saturated rings. The predicted molar refractivity (Wildman–Crippen MR) is 124 cm³/mol. The number of amides is 1. The Balaban J connectivity index is 1.65. The normalized spacial score (nSPS) is 26.4. The molecule has 0 radical (unpaired) electrons. The summed E-state index contributed by atoms with van der Waals surface area (Å²) in [5, 5.41) is 0.706. The summed E-state index contributed by atoms with van der Waals surface area (Å²) in [7, 11) is -0.118.